The van der Waals surface area contributed by atoms with Gasteiger partial charge in [0.05, 0.1) is 22.8 Å². The predicted molar refractivity (Wildman–Crippen MR) is 106 cm³/mol. The lowest BCUT2D eigenvalue weighted by Crippen LogP contribution is -1.75. The van der Waals surface area contributed by atoms with Gasteiger partial charge in [-0.2, -0.15) is 0 Å². The number of aromatic nitrogens is 4. The van der Waals surface area contributed by atoms with E-state index in [9.17, 15) is 0 Å². The van der Waals surface area contributed by atoms with Crippen LogP contribution in [0.15, 0.2) is 48.5 Å². The van der Waals surface area contributed by atoms with Gasteiger partial charge in [0.1, 0.15) is 0 Å². The topological polar surface area (TPSA) is 81.2 Å². The molecule has 5 heterocycles. The van der Waals surface area contributed by atoms with Crippen molar-refractivity contribution in [1.82, 2.24) is 19.9 Å². The van der Waals surface area contributed by atoms with Gasteiger partial charge in [-0.05, 0) is 72.8 Å². The lowest BCUT2D eigenvalue weighted by Gasteiger charge is -1.85. The zero-order chi connectivity index (χ0) is 17.9. The molecule has 0 spiro atoms. The predicted octanol–water partition coefficient (Wildman–Crippen LogP) is 4.80. The van der Waals surface area contributed by atoms with Gasteiger partial charge in [-0.1, -0.05) is 0 Å². The summed E-state index contributed by atoms with van der Waals surface area (Å²) in [6.45, 7) is 3.50. The highest BCUT2D eigenvalue weighted by Gasteiger charge is 2.00. The van der Waals surface area contributed by atoms with Crippen molar-refractivity contribution in [2.45, 2.75) is 0 Å². The number of H-pyrrole nitrogens is 2. The van der Waals surface area contributed by atoms with Crippen LogP contribution in [0.5, 0.6) is 0 Å². The average molecular weight is 337 g/mol. The van der Waals surface area contributed by atoms with Crippen molar-refractivity contribution in [3.8, 4) is 6.57 Å². The monoisotopic (exact) mass is 337 g/mol. The summed E-state index contributed by atoms with van der Waals surface area (Å²) in [5.41, 5.74) is 7.86. The van der Waals surface area contributed by atoms with Crippen molar-refractivity contribution in [1.29, 1.82) is 5.26 Å². The Bertz CT molecular complexity index is 1030. The molecule has 0 radical (unpaired) electrons. The average Bonchev–Trinajstić information content (AvgIpc) is 3.42. The third kappa shape index (κ3) is 3.17. The van der Waals surface area contributed by atoms with Gasteiger partial charge in [0, 0.05) is 28.6 Å². The summed E-state index contributed by atoms with van der Waals surface area (Å²) in [5.74, 6) is 0. The molecule has 0 fully saturated rings. The number of nitrogens with zero attached hydrogens (tertiary/aromatic N) is 3. The zero-order valence-corrected chi connectivity index (χ0v) is 13.8. The molecule has 0 unspecified atom stereocenters. The number of hydrogen-bond donors (Lipinski definition) is 2. The van der Waals surface area contributed by atoms with Crippen LogP contribution >= 0.6 is 0 Å². The first kappa shape index (κ1) is 15.6. The van der Waals surface area contributed by atoms with Crippen LogP contribution in [0.2, 0.25) is 0 Å². The number of hydrogen-bond acceptors (Lipinski definition) is 3. The molecule has 3 aromatic rings. The Morgan fingerprint density at radius 1 is 0.538 bits per heavy atom. The summed E-state index contributed by atoms with van der Waals surface area (Å²) in [4.78, 5) is 16.0. The SMILES string of the molecule is C#N.C1=Cc2cc3ccc(cc4nc(cc5ccc(cc1n2)[nH]5)C=C4)[nH]3. The normalized spacial score (nSPS) is 11.8. The maximum absolute atomic E-state index is 6.50. The Balaban J connectivity index is 0.000000814. The van der Waals surface area contributed by atoms with E-state index < -0.39 is 0 Å². The third-order valence-corrected chi connectivity index (χ3v) is 4.04. The number of nitriles is 1. The van der Waals surface area contributed by atoms with E-state index >= 15 is 0 Å². The molecule has 5 heteroatoms. The lowest BCUT2D eigenvalue weighted by molar-refractivity contribution is 1.31. The van der Waals surface area contributed by atoms with Crippen LogP contribution in [0, 0.1) is 11.8 Å². The molecule has 0 saturated carbocycles. The number of fused-ring (bicyclic) bond motifs is 8. The molecule has 2 aliphatic rings. The van der Waals surface area contributed by atoms with E-state index in [-0.39, 0.29) is 0 Å². The fourth-order valence-corrected chi connectivity index (χ4v) is 2.94. The van der Waals surface area contributed by atoms with Crippen molar-refractivity contribution in [3.63, 3.8) is 0 Å². The van der Waals surface area contributed by atoms with E-state index in [4.69, 9.17) is 5.26 Å². The maximum Gasteiger partial charge on any atom is 0.0658 e. The number of nitrogens with one attached hydrogen (secondary N) is 2. The Hall–Kier alpha value is -3.91. The maximum atomic E-state index is 6.50. The van der Waals surface area contributed by atoms with Crippen LogP contribution in [0.1, 0.15) is 22.8 Å². The molecule has 2 N–H and O–H groups in total. The minimum atomic E-state index is 0.939. The molecule has 2 aliphatic heterocycles. The summed E-state index contributed by atoms with van der Waals surface area (Å²) in [5, 5.41) is 6.50. The molecule has 26 heavy (non-hydrogen) atoms. The van der Waals surface area contributed by atoms with E-state index in [1.165, 1.54) is 0 Å². The second-order valence-corrected chi connectivity index (χ2v) is 5.91. The van der Waals surface area contributed by atoms with Gasteiger partial charge in [0.2, 0.25) is 0 Å². The van der Waals surface area contributed by atoms with Gasteiger partial charge in [-0.3, -0.25) is 0 Å². The highest BCUT2D eigenvalue weighted by atomic mass is 14.8. The molecule has 5 rings (SSSR count). The van der Waals surface area contributed by atoms with Gasteiger partial charge in [-0.25, -0.2) is 15.2 Å². The Kier molecular flexibility index (Phi) is 3.92. The minimum absolute atomic E-state index is 0.939. The molecular formula is C21H15N5. The van der Waals surface area contributed by atoms with E-state index in [1.54, 1.807) is 0 Å². The molecule has 124 valence electrons. The van der Waals surface area contributed by atoms with Crippen LogP contribution in [-0.2, 0) is 0 Å². The smallest absolute Gasteiger partial charge is 0.0658 e. The van der Waals surface area contributed by atoms with Crippen molar-refractivity contribution < 1.29 is 0 Å². The van der Waals surface area contributed by atoms with E-state index in [0.717, 1.165) is 44.8 Å². The number of aromatic amines is 2. The van der Waals surface area contributed by atoms with Crippen LogP contribution < -0.4 is 0 Å². The fraction of sp³-hybridized carbons (Fsp3) is 0. The quantitative estimate of drug-likeness (QED) is 0.426. The first-order chi connectivity index (χ1) is 12.8. The van der Waals surface area contributed by atoms with Crippen LogP contribution in [0.25, 0.3) is 46.4 Å². The summed E-state index contributed by atoms with van der Waals surface area (Å²) < 4.78 is 0. The standard InChI is InChI=1S/C20H14N4.CHN/c1-2-14-10-16-5-6-18(23-16)12-20-8-7-19(24-20)11-17-4-3-15(22-17)9-13(1)21-14;1-2/h1-12,21,24H;1H. The Morgan fingerprint density at radius 2 is 0.808 bits per heavy atom. The molecular weight excluding hydrogens is 322 g/mol. The molecule has 0 saturated heterocycles. The summed E-state index contributed by atoms with van der Waals surface area (Å²) in [6, 6.07) is 16.4. The molecule has 0 atom stereocenters. The van der Waals surface area contributed by atoms with Crippen molar-refractivity contribution in [3.05, 3.63) is 71.3 Å². The van der Waals surface area contributed by atoms with E-state index in [0.29, 0.717) is 0 Å². The molecule has 5 nitrogen and oxygen atoms in total. The van der Waals surface area contributed by atoms with Gasteiger partial charge >= 0.3 is 0 Å². The van der Waals surface area contributed by atoms with Crippen molar-refractivity contribution >= 4 is 46.4 Å². The minimum Gasteiger partial charge on any atom is -0.355 e. The van der Waals surface area contributed by atoms with E-state index in [2.05, 4.69) is 50.8 Å². The van der Waals surface area contributed by atoms with Gasteiger partial charge in [0.25, 0.3) is 0 Å². The van der Waals surface area contributed by atoms with Gasteiger partial charge in [-0.15, -0.1) is 0 Å². The van der Waals surface area contributed by atoms with Crippen molar-refractivity contribution in [2.75, 3.05) is 0 Å². The van der Waals surface area contributed by atoms with Crippen LogP contribution in [0.4, 0.5) is 0 Å². The molecule has 3 aromatic heterocycles. The highest BCUT2D eigenvalue weighted by molar-refractivity contribution is 5.77. The Labute approximate surface area is 150 Å². The zero-order valence-electron chi connectivity index (χ0n) is 13.8. The van der Waals surface area contributed by atoms with Crippen LogP contribution in [0.3, 0.4) is 0 Å². The Morgan fingerprint density at radius 3 is 1.08 bits per heavy atom. The lowest BCUT2D eigenvalue weighted by atomic mass is 10.3. The van der Waals surface area contributed by atoms with E-state index in [1.807, 2.05) is 48.6 Å². The highest BCUT2D eigenvalue weighted by Crippen LogP contribution is 2.16. The van der Waals surface area contributed by atoms with Gasteiger partial charge < -0.3 is 9.97 Å². The first-order valence-corrected chi connectivity index (χ1v) is 8.10. The molecule has 0 amide bonds. The second kappa shape index (κ2) is 6.54. The molecule has 0 aromatic carbocycles. The van der Waals surface area contributed by atoms with Crippen molar-refractivity contribution in [2.24, 2.45) is 0 Å². The fourth-order valence-electron chi connectivity index (χ4n) is 2.94. The summed E-state index contributed by atoms with van der Waals surface area (Å²) in [6.07, 6.45) is 8.09. The third-order valence-electron chi connectivity index (χ3n) is 4.04. The second-order valence-electron chi connectivity index (χ2n) is 5.91. The molecule has 0 aliphatic carbocycles. The largest absolute Gasteiger partial charge is 0.355 e. The first-order valence-electron chi connectivity index (χ1n) is 8.10. The summed E-state index contributed by atoms with van der Waals surface area (Å²) in [7, 11) is 0. The number of rotatable bonds is 0. The summed E-state index contributed by atoms with van der Waals surface area (Å²) >= 11 is 0. The van der Waals surface area contributed by atoms with Gasteiger partial charge in [0.15, 0.2) is 0 Å². The van der Waals surface area contributed by atoms with Crippen LogP contribution in [-0.4, -0.2) is 19.9 Å². The molecule has 8 bridgehead atoms.